The van der Waals surface area contributed by atoms with Gasteiger partial charge in [-0.05, 0) is 12.8 Å². The van der Waals surface area contributed by atoms with Crippen molar-refractivity contribution in [2.45, 2.75) is 103 Å². The van der Waals surface area contributed by atoms with E-state index in [0.29, 0.717) is 6.54 Å². The topological polar surface area (TPSA) is 52.0 Å². The fourth-order valence-electron chi connectivity index (χ4n) is 2.78. The van der Waals surface area contributed by atoms with Crippen molar-refractivity contribution in [1.82, 2.24) is 0 Å². The van der Waals surface area contributed by atoms with E-state index in [1.165, 1.54) is 89.9 Å². The van der Waals surface area contributed by atoms with Gasteiger partial charge in [0.2, 0.25) is 0 Å². The van der Waals surface area contributed by atoms with Crippen molar-refractivity contribution in [3.63, 3.8) is 0 Å². The minimum absolute atomic E-state index is 0.574. The van der Waals surface area contributed by atoms with E-state index >= 15 is 0 Å². The van der Waals surface area contributed by atoms with Crippen molar-refractivity contribution < 1.29 is 0 Å². The van der Waals surface area contributed by atoms with Crippen molar-refractivity contribution >= 4 is 0 Å². The van der Waals surface area contributed by atoms with Gasteiger partial charge in [0.15, 0.2) is 0 Å². The molecule has 0 aliphatic rings. The lowest BCUT2D eigenvalue weighted by molar-refractivity contribution is 0.535. The summed E-state index contributed by atoms with van der Waals surface area (Å²) in [4.78, 5) is 0. The van der Waals surface area contributed by atoms with E-state index in [1.54, 1.807) is 0 Å². The van der Waals surface area contributed by atoms with Crippen molar-refractivity contribution in [1.29, 1.82) is 0 Å². The molecule has 0 spiro atoms. The van der Waals surface area contributed by atoms with E-state index in [4.69, 9.17) is 11.5 Å². The first-order valence-electron chi connectivity index (χ1n) is 9.45. The van der Waals surface area contributed by atoms with E-state index in [1.807, 2.05) is 6.08 Å². The molecule has 0 saturated carbocycles. The maximum absolute atomic E-state index is 5.81. The fourth-order valence-corrected chi connectivity index (χ4v) is 2.78. The van der Waals surface area contributed by atoms with Gasteiger partial charge in [0.25, 0.3) is 0 Å². The Morgan fingerprint density at radius 2 is 1.05 bits per heavy atom. The van der Waals surface area contributed by atoms with E-state index in [0.717, 1.165) is 12.1 Å². The Morgan fingerprint density at radius 3 is 1.43 bits per heavy atom. The number of hydrogen-bond acceptors (Lipinski definition) is 2. The third-order valence-corrected chi connectivity index (χ3v) is 4.20. The van der Waals surface area contributed by atoms with Crippen LogP contribution in [0, 0.1) is 0 Å². The van der Waals surface area contributed by atoms with Crippen LogP contribution in [0.3, 0.4) is 0 Å². The van der Waals surface area contributed by atoms with Gasteiger partial charge in [-0.1, -0.05) is 96.5 Å². The van der Waals surface area contributed by atoms with Crippen LogP contribution in [0.15, 0.2) is 11.8 Å². The molecule has 0 unspecified atom stereocenters. The first-order valence-corrected chi connectivity index (χ1v) is 9.45. The molecular weight excluding hydrogens is 256 g/mol. The van der Waals surface area contributed by atoms with Gasteiger partial charge in [-0.25, -0.2) is 0 Å². The summed E-state index contributed by atoms with van der Waals surface area (Å²) in [5.41, 5.74) is 12.2. The maximum atomic E-state index is 5.81. The summed E-state index contributed by atoms with van der Waals surface area (Å²) in [6.07, 6.45) is 22.6. The zero-order valence-electron chi connectivity index (χ0n) is 14.5. The molecule has 0 heterocycles. The zero-order chi connectivity index (χ0) is 15.6. The Kier molecular flexibility index (Phi) is 17.1. The Hall–Kier alpha value is -0.500. The van der Waals surface area contributed by atoms with Crippen LogP contribution in [0.2, 0.25) is 0 Å². The van der Waals surface area contributed by atoms with Crippen molar-refractivity contribution in [2.75, 3.05) is 6.54 Å². The Labute approximate surface area is 133 Å². The van der Waals surface area contributed by atoms with Crippen LogP contribution in [0.4, 0.5) is 0 Å². The summed E-state index contributed by atoms with van der Waals surface area (Å²) in [6.45, 7) is 2.86. The second-order valence-electron chi connectivity index (χ2n) is 6.36. The van der Waals surface area contributed by atoms with Crippen LogP contribution in [0.5, 0.6) is 0 Å². The van der Waals surface area contributed by atoms with Crippen molar-refractivity contribution in [2.24, 2.45) is 11.5 Å². The first-order chi connectivity index (χ1) is 10.3. The first kappa shape index (κ1) is 20.5. The van der Waals surface area contributed by atoms with Gasteiger partial charge >= 0.3 is 0 Å². The van der Waals surface area contributed by atoms with Gasteiger partial charge in [0, 0.05) is 12.2 Å². The second kappa shape index (κ2) is 17.6. The third-order valence-electron chi connectivity index (χ3n) is 4.20. The minimum Gasteiger partial charge on any atom is -0.402 e. The number of nitrogens with two attached hydrogens (primary N) is 2. The van der Waals surface area contributed by atoms with Crippen LogP contribution in [0.1, 0.15) is 103 Å². The van der Waals surface area contributed by atoms with Crippen LogP contribution in [-0.4, -0.2) is 6.54 Å². The molecule has 0 aromatic heterocycles. The highest BCUT2D eigenvalue weighted by Crippen LogP contribution is 2.13. The summed E-state index contributed by atoms with van der Waals surface area (Å²) < 4.78 is 0. The van der Waals surface area contributed by atoms with Gasteiger partial charge in [-0.15, -0.1) is 0 Å². The van der Waals surface area contributed by atoms with Crippen LogP contribution in [0.25, 0.3) is 0 Å². The van der Waals surface area contributed by atoms with Crippen LogP contribution < -0.4 is 11.5 Å². The van der Waals surface area contributed by atoms with E-state index in [-0.39, 0.29) is 0 Å². The summed E-state index contributed by atoms with van der Waals surface area (Å²) >= 11 is 0. The van der Waals surface area contributed by atoms with E-state index < -0.39 is 0 Å². The quantitative estimate of drug-likeness (QED) is 0.361. The molecule has 0 amide bonds. The predicted molar refractivity (Wildman–Crippen MR) is 96.3 cm³/mol. The summed E-state index contributed by atoms with van der Waals surface area (Å²) in [6, 6.07) is 0. The van der Waals surface area contributed by atoms with E-state index in [2.05, 4.69) is 6.92 Å². The van der Waals surface area contributed by atoms with Crippen molar-refractivity contribution in [3.05, 3.63) is 11.8 Å². The number of unbranched alkanes of at least 4 members (excludes halogenated alkanes) is 13. The molecule has 126 valence electrons. The Balaban J connectivity index is 3.04. The molecular formula is C19H40N2. The number of rotatable bonds is 16. The third kappa shape index (κ3) is 17.4. The number of hydrogen-bond donors (Lipinski definition) is 2. The minimum atomic E-state index is 0.574. The average Bonchev–Trinajstić information content (AvgIpc) is 2.48. The summed E-state index contributed by atoms with van der Waals surface area (Å²) in [5, 5.41) is 0. The van der Waals surface area contributed by atoms with Crippen LogP contribution in [-0.2, 0) is 0 Å². The largest absolute Gasteiger partial charge is 0.402 e. The van der Waals surface area contributed by atoms with Gasteiger partial charge < -0.3 is 11.5 Å². The highest BCUT2D eigenvalue weighted by molar-refractivity contribution is 4.96. The van der Waals surface area contributed by atoms with E-state index in [9.17, 15) is 0 Å². The molecule has 0 radical (unpaired) electrons. The molecule has 0 rings (SSSR count). The smallest absolute Gasteiger partial charge is 0.0126 e. The van der Waals surface area contributed by atoms with Gasteiger partial charge in [-0.3, -0.25) is 0 Å². The van der Waals surface area contributed by atoms with Crippen molar-refractivity contribution in [3.8, 4) is 0 Å². The van der Waals surface area contributed by atoms with Gasteiger partial charge in [-0.2, -0.15) is 0 Å². The monoisotopic (exact) mass is 296 g/mol. The molecule has 0 aliphatic heterocycles. The molecule has 0 saturated heterocycles. The average molecular weight is 297 g/mol. The molecule has 21 heavy (non-hydrogen) atoms. The highest BCUT2D eigenvalue weighted by Gasteiger charge is 1.95. The molecule has 0 fully saturated rings. The Bertz CT molecular complexity index is 224. The molecule has 0 aliphatic carbocycles. The molecule has 0 bridgehead atoms. The van der Waals surface area contributed by atoms with Gasteiger partial charge in [0.05, 0.1) is 0 Å². The predicted octanol–water partition coefficient (Wildman–Crippen LogP) is 5.66. The normalized spacial score (nSPS) is 12.0. The molecule has 0 aromatic carbocycles. The standard InChI is InChI=1S/C19H40N2/c1-2-3-4-5-6-7-8-9-10-11-12-13-14-15-16-19(21)17-18-20/h17H,2-16,18,20-21H2,1H3. The fraction of sp³-hybridized carbons (Fsp3) is 0.895. The number of allylic oxidation sites excluding steroid dienone is 1. The lowest BCUT2D eigenvalue weighted by atomic mass is 10.0. The zero-order valence-corrected chi connectivity index (χ0v) is 14.5. The molecule has 4 N–H and O–H groups in total. The Morgan fingerprint density at radius 1 is 0.667 bits per heavy atom. The summed E-state index contributed by atoms with van der Waals surface area (Å²) in [5.74, 6) is 0. The molecule has 2 heteroatoms. The molecule has 0 aromatic rings. The highest BCUT2D eigenvalue weighted by atomic mass is 14.6. The molecule has 2 nitrogen and oxygen atoms in total. The summed E-state index contributed by atoms with van der Waals surface area (Å²) in [7, 11) is 0. The van der Waals surface area contributed by atoms with Crippen LogP contribution >= 0.6 is 0 Å². The maximum Gasteiger partial charge on any atom is 0.0126 e. The van der Waals surface area contributed by atoms with Gasteiger partial charge in [0.1, 0.15) is 0 Å². The lowest BCUT2D eigenvalue weighted by Gasteiger charge is -2.03. The lowest BCUT2D eigenvalue weighted by Crippen LogP contribution is -2.02. The second-order valence-corrected chi connectivity index (χ2v) is 6.36. The molecule has 0 atom stereocenters. The SMILES string of the molecule is CCCCCCCCCCCCCCCCC(N)=CCN.